The van der Waals surface area contributed by atoms with Crippen LogP contribution in [0.25, 0.3) is 0 Å². The Hall–Kier alpha value is -1.92. The third kappa shape index (κ3) is 53.3. The van der Waals surface area contributed by atoms with Crippen LogP contribution in [-0.2, 0) is 14.3 Å². The van der Waals surface area contributed by atoms with Crippen LogP contribution in [0.2, 0.25) is 0 Å². The molecule has 6 nitrogen and oxygen atoms in total. The maximum atomic E-state index is 12.5. The average Bonchev–Trinajstić information content (AvgIpc) is 3.33. The standard InChI is InChI=1S/C61H115NO5/c1-3-5-7-9-11-13-15-17-19-21-22-23-24-25-26-27-28-29-31-33-37-41-45-49-53-59(64)58(57-63)62-60(65)54-50-46-42-38-35-36-40-44-48-52-56-67-61(66)55-51-47-43-39-34-32-30-20-18-16-14-12-10-8-6-4-2/h14,16,20,30,49,53,58-59,63-64H,3-13,15,17-19,21-29,31-48,50-52,54-57H2,1-2H3,(H,62,65)/b16-14-,30-20-,53-49+. The number of esters is 1. The number of allylic oxidation sites excluding steroid dienone is 5. The molecule has 0 bridgehead atoms. The zero-order chi connectivity index (χ0) is 48.6. The number of carbonyl (C=O) groups excluding carboxylic acids is 2. The first kappa shape index (κ1) is 65.1. The molecule has 0 fully saturated rings. The second kappa shape index (κ2) is 56.7. The number of rotatable bonds is 55. The third-order valence-corrected chi connectivity index (χ3v) is 13.7. The summed E-state index contributed by atoms with van der Waals surface area (Å²) in [5.74, 6) is -0.123. The molecular weight excluding hydrogens is 827 g/mol. The summed E-state index contributed by atoms with van der Waals surface area (Å²) in [5, 5.41) is 23.2. The maximum absolute atomic E-state index is 12.5. The van der Waals surface area contributed by atoms with Gasteiger partial charge in [0.25, 0.3) is 0 Å². The van der Waals surface area contributed by atoms with E-state index in [0.717, 1.165) is 70.6 Å². The number of amides is 1. The molecule has 2 atom stereocenters. The fourth-order valence-corrected chi connectivity index (χ4v) is 9.08. The van der Waals surface area contributed by atoms with Gasteiger partial charge in [0.2, 0.25) is 5.91 Å². The van der Waals surface area contributed by atoms with Crippen LogP contribution in [0.5, 0.6) is 0 Å². The predicted molar refractivity (Wildman–Crippen MR) is 292 cm³/mol. The first-order valence-corrected chi connectivity index (χ1v) is 29.8. The number of ether oxygens (including phenoxy) is 1. The van der Waals surface area contributed by atoms with E-state index in [1.807, 2.05) is 6.08 Å². The van der Waals surface area contributed by atoms with Gasteiger partial charge < -0.3 is 20.3 Å². The quantitative estimate of drug-likeness (QED) is 0.0321. The maximum Gasteiger partial charge on any atom is 0.305 e. The number of hydrogen-bond acceptors (Lipinski definition) is 5. The largest absolute Gasteiger partial charge is 0.466 e. The summed E-state index contributed by atoms with van der Waals surface area (Å²) in [6, 6.07) is -0.647. The van der Waals surface area contributed by atoms with Gasteiger partial charge in [-0.15, -0.1) is 0 Å². The molecule has 6 heteroatoms. The summed E-state index contributed by atoms with van der Waals surface area (Å²) in [4.78, 5) is 24.6. The molecule has 394 valence electrons. The number of carbonyl (C=O) groups is 2. The Kier molecular flexibility index (Phi) is 55.0. The van der Waals surface area contributed by atoms with Gasteiger partial charge in [-0.2, -0.15) is 0 Å². The first-order chi connectivity index (χ1) is 33.0. The molecule has 0 aromatic heterocycles. The molecule has 0 aromatic rings. The van der Waals surface area contributed by atoms with Gasteiger partial charge in [-0.25, -0.2) is 0 Å². The molecule has 3 N–H and O–H groups in total. The van der Waals surface area contributed by atoms with Crippen LogP contribution >= 0.6 is 0 Å². The van der Waals surface area contributed by atoms with E-state index in [4.69, 9.17) is 4.74 Å². The lowest BCUT2D eigenvalue weighted by molar-refractivity contribution is -0.143. The van der Waals surface area contributed by atoms with E-state index in [1.165, 1.54) is 218 Å². The lowest BCUT2D eigenvalue weighted by Gasteiger charge is -2.20. The lowest BCUT2D eigenvalue weighted by Crippen LogP contribution is -2.45. The molecule has 1 amide bonds. The zero-order valence-electron chi connectivity index (χ0n) is 44.9. The van der Waals surface area contributed by atoms with E-state index < -0.39 is 12.1 Å². The normalized spacial score (nSPS) is 12.8. The number of hydrogen-bond donors (Lipinski definition) is 3. The Balaban J connectivity index is 3.51. The van der Waals surface area contributed by atoms with E-state index in [9.17, 15) is 19.8 Å². The fraction of sp³-hybridized carbons (Fsp3) is 0.869. The molecule has 0 heterocycles. The van der Waals surface area contributed by atoms with E-state index in [-0.39, 0.29) is 18.5 Å². The van der Waals surface area contributed by atoms with Crippen molar-refractivity contribution in [2.24, 2.45) is 0 Å². The molecule has 0 aromatic carbocycles. The van der Waals surface area contributed by atoms with Crippen LogP contribution in [0.1, 0.15) is 316 Å². The molecule has 67 heavy (non-hydrogen) atoms. The van der Waals surface area contributed by atoms with Crippen molar-refractivity contribution in [3.63, 3.8) is 0 Å². The van der Waals surface area contributed by atoms with Crippen LogP contribution in [-0.4, -0.2) is 47.4 Å². The molecule has 0 aliphatic carbocycles. The molecular formula is C61H115NO5. The predicted octanol–water partition coefficient (Wildman–Crippen LogP) is 18.4. The van der Waals surface area contributed by atoms with Crippen molar-refractivity contribution >= 4 is 11.9 Å². The van der Waals surface area contributed by atoms with Crippen molar-refractivity contribution in [3.8, 4) is 0 Å². The Labute approximate surface area is 417 Å². The Morgan fingerprint density at radius 3 is 1.15 bits per heavy atom. The minimum atomic E-state index is -0.862. The number of aliphatic hydroxyl groups excluding tert-OH is 2. The number of aliphatic hydroxyl groups is 2. The van der Waals surface area contributed by atoms with Crippen molar-refractivity contribution in [2.45, 2.75) is 328 Å². The minimum Gasteiger partial charge on any atom is -0.466 e. The Morgan fingerprint density at radius 1 is 0.418 bits per heavy atom. The van der Waals surface area contributed by atoms with E-state index in [2.05, 4.69) is 43.5 Å². The van der Waals surface area contributed by atoms with E-state index in [0.29, 0.717) is 19.4 Å². The Bertz CT molecular complexity index is 1090. The number of nitrogens with one attached hydrogen (secondary N) is 1. The molecule has 2 unspecified atom stereocenters. The highest BCUT2D eigenvalue weighted by molar-refractivity contribution is 5.76. The summed E-state index contributed by atoms with van der Waals surface area (Å²) in [7, 11) is 0. The second-order valence-corrected chi connectivity index (χ2v) is 20.3. The topological polar surface area (TPSA) is 95.9 Å². The summed E-state index contributed by atoms with van der Waals surface area (Å²) in [5.41, 5.74) is 0. The summed E-state index contributed by atoms with van der Waals surface area (Å²) < 4.78 is 5.46. The lowest BCUT2D eigenvalue weighted by atomic mass is 10.0. The zero-order valence-corrected chi connectivity index (χ0v) is 44.9. The first-order valence-electron chi connectivity index (χ1n) is 29.8. The Morgan fingerprint density at radius 2 is 0.746 bits per heavy atom. The second-order valence-electron chi connectivity index (χ2n) is 20.3. The van der Waals surface area contributed by atoms with Crippen LogP contribution in [0, 0.1) is 0 Å². The van der Waals surface area contributed by atoms with Crippen molar-refractivity contribution in [1.29, 1.82) is 0 Å². The minimum absolute atomic E-state index is 0.0337. The molecule has 0 rings (SSSR count). The monoisotopic (exact) mass is 942 g/mol. The van der Waals surface area contributed by atoms with Gasteiger partial charge in [0, 0.05) is 12.8 Å². The summed E-state index contributed by atoms with van der Waals surface area (Å²) in [6.07, 6.45) is 70.2. The van der Waals surface area contributed by atoms with E-state index >= 15 is 0 Å². The van der Waals surface area contributed by atoms with Gasteiger partial charge in [0.15, 0.2) is 0 Å². The van der Waals surface area contributed by atoms with Gasteiger partial charge in [0.1, 0.15) is 0 Å². The average molecular weight is 943 g/mol. The van der Waals surface area contributed by atoms with Crippen molar-refractivity contribution in [3.05, 3.63) is 36.5 Å². The van der Waals surface area contributed by atoms with Crippen LogP contribution in [0.15, 0.2) is 36.5 Å². The molecule has 0 saturated heterocycles. The highest BCUT2D eigenvalue weighted by atomic mass is 16.5. The molecule has 0 saturated carbocycles. The van der Waals surface area contributed by atoms with Crippen LogP contribution in [0.4, 0.5) is 0 Å². The van der Waals surface area contributed by atoms with Crippen LogP contribution < -0.4 is 5.32 Å². The smallest absolute Gasteiger partial charge is 0.305 e. The molecule has 0 spiro atoms. The molecule has 0 radical (unpaired) electrons. The summed E-state index contributed by atoms with van der Waals surface area (Å²) >= 11 is 0. The van der Waals surface area contributed by atoms with Gasteiger partial charge in [-0.1, -0.05) is 275 Å². The SMILES string of the molecule is CCCCCC/C=C\C/C=C\CCCCCCCC(=O)OCCCCCCCCCCCCC(=O)NC(CO)C(O)/C=C/CCCCCCCCCCCCCCCCCCCCCCCC. The highest BCUT2D eigenvalue weighted by Gasteiger charge is 2.18. The van der Waals surface area contributed by atoms with Crippen molar-refractivity contribution < 1.29 is 24.5 Å². The van der Waals surface area contributed by atoms with Crippen LogP contribution in [0.3, 0.4) is 0 Å². The van der Waals surface area contributed by atoms with Gasteiger partial charge in [-0.3, -0.25) is 9.59 Å². The van der Waals surface area contributed by atoms with Crippen molar-refractivity contribution in [1.82, 2.24) is 5.32 Å². The molecule has 0 aliphatic rings. The van der Waals surface area contributed by atoms with Gasteiger partial charge in [-0.05, 0) is 64.2 Å². The summed E-state index contributed by atoms with van der Waals surface area (Å²) in [6.45, 7) is 4.84. The highest BCUT2D eigenvalue weighted by Crippen LogP contribution is 2.17. The molecule has 0 aliphatic heterocycles. The number of unbranched alkanes of at least 4 members (excludes halogenated alkanes) is 40. The van der Waals surface area contributed by atoms with E-state index in [1.54, 1.807) is 6.08 Å². The fourth-order valence-electron chi connectivity index (χ4n) is 9.08. The van der Waals surface area contributed by atoms with Gasteiger partial charge in [0.05, 0.1) is 25.4 Å². The van der Waals surface area contributed by atoms with Crippen molar-refractivity contribution in [2.75, 3.05) is 13.2 Å². The third-order valence-electron chi connectivity index (χ3n) is 13.7. The van der Waals surface area contributed by atoms with Gasteiger partial charge >= 0.3 is 5.97 Å².